The fraction of sp³-hybridized carbons (Fsp3) is 0.500. The molecule has 0 fully saturated rings. The lowest BCUT2D eigenvalue weighted by Crippen LogP contribution is -2.36. The summed E-state index contributed by atoms with van der Waals surface area (Å²) in [6.45, 7) is 6.42. The van der Waals surface area contributed by atoms with E-state index in [0.29, 0.717) is 18.5 Å². The Labute approximate surface area is 84.2 Å². The van der Waals surface area contributed by atoms with Crippen LogP contribution in [0.4, 0.5) is 0 Å². The third kappa shape index (κ3) is 3.51. The summed E-state index contributed by atoms with van der Waals surface area (Å²) in [5.74, 6) is 2.18. The number of aliphatic imine (C=N–C) groups is 1. The highest BCUT2D eigenvalue weighted by Gasteiger charge is 1.98. The highest BCUT2D eigenvalue weighted by molar-refractivity contribution is 5.77. The Morgan fingerprint density at radius 2 is 2.29 bits per heavy atom. The minimum Gasteiger partial charge on any atom is -0.464 e. The Bertz CT molecular complexity index is 315. The minimum atomic E-state index is 0.303. The molecule has 1 aromatic heterocycles. The van der Waals surface area contributed by atoms with Crippen molar-refractivity contribution in [1.82, 2.24) is 5.32 Å². The average Bonchev–Trinajstić information content (AvgIpc) is 2.47. The molecule has 0 amide bonds. The van der Waals surface area contributed by atoms with Crippen LogP contribution in [0.15, 0.2) is 21.5 Å². The van der Waals surface area contributed by atoms with Crippen molar-refractivity contribution < 1.29 is 4.42 Å². The number of nitrogens with zero attached hydrogens (tertiary/aromatic N) is 1. The molecule has 0 saturated carbocycles. The highest BCUT2D eigenvalue weighted by Crippen LogP contribution is 2.06. The van der Waals surface area contributed by atoms with Crippen LogP contribution in [0.3, 0.4) is 0 Å². The Kier molecular flexibility index (Phi) is 3.56. The summed E-state index contributed by atoms with van der Waals surface area (Å²) in [4.78, 5) is 4.14. The Morgan fingerprint density at radius 1 is 1.57 bits per heavy atom. The Balaban J connectivity index is 2.46. The van der Waals surface area contributed by atoms with Crippen molar-refractivity contribution >= 4 is 5.96 Å². The molecule has 1 heterocycles. The van der Waals surface area contributed by atoms with Crippen molar-refractivity contribution in [2.45, 2.75) is 33.4 Å². The van der Waals surface area contributed by atoms with E-state index in [1.165, 1.54) is 0 Å². The summed E-state index contributed by atoms with van der Waals surface area (Å²) in [5.41, 5.74) is 5.63. The molecule has 14 heavy (non-hydrogen) atoms. The number of rotatable bonds is 3. The molecule has 0 radical (unpaired) electrons. The fourth-order valence-corrected chi connectivity index (χ4v) is 1.07. The quantitative estimate of drug-likeness (QED) is 0.566. The van der Waals surface area contributed by atoms with E-state index in [2.05, 4.69) is 10.3 Å². The molecule has 0 aromatic carbocycles. The van der Waals surface area contributed by atoms with Gasteiger partial charge in [0.25, 0.3) is 0 Å². The summed E-state index contributed by atoms with van der Waals surface area (Å²) in [6, 6.07) is 4.12. The average molecular weight is 195 g/mol. The molecular formula is C10H17N3O. The molecule has 0 atom stereocenters. The summed E-state index contributed by atoms with van der Waals surface area (Å²) in [5, 5.41) is 3.01. The van der Waals surface area contributed by atoms with Gasteiger partial charge in [0.05, 0.1) is 0 Å². The first-order chi connectivity index (χ1) is 6.58. The number of nitrogens with two attached hydrogens (primary N) is 1. The number of nitrogens with one attached hydrogen (secondary N) is 1. The summed E-state index contributed by atoms with van der Waals surface area (Å²) in [7, 11) is 0. The summed E-state index contributed by atoms with van der Waals surface area (Å²) in [6.07, 6.45) is 0. The van der Waals surface area contributed by atoms with Crippen LogP contribution >= 0.6 is 0 Å². The summed E-state index contributed by atoms with van der Waals surface area (Å²) < 4.78 is 5.35. The molecule has 4 nitrogen and oxygen atoms in total. The number of guanidine groups is 1. The van der Waals surface area contributed by atoms with E-state index in [1.807, 2.05) is 32.9 Å². The number of aryl methyl sites for hydroxylation is 1. The monoisotopic (exact) mass is 195 g/mol. The van der Waals surface area contributed by atoms with E-state index in [4.69, 9.17) is 10.2 Å². The molecule has 0 aliphatic heterocycles. The number of hydrogen-bond acceptors (Lipinski definition) is 2. The van der Waals surface area contributed by atoms with Crippen molar-refractivity contribution in [2.24, 2.45) is 10.7 Å². The lowest BCUT2D eigenvalue weighted by atomic mass is 10.4. The normalized spacial score (nSPS) is 12.1. The van der Waals surface area contributed by atoms with Crippen LogP contribution in [0.1, 0.15) is 25.4 Å². The zero-order chi connectivity index (χ0) is 10.6. The molecular weight excluding hydrogens is 178 g/mol. The smallest absolute Gasteiger partial charge is 0.189 e. The van der Waals surface area contributed by atoms with Crippen LogP contribution in [0.5, 0.6) is 0 Å². The standard InChI is InChI=1S/C10H17N3O/c1-7(2)13-10(11)12-6-9-5-4-8(3)14-9/h4-5,7H,6H2,1-3H3,(H3,11,12,13). The van der Waals surface area contributed by atoms with Crippen LogP contribution in [0.2, 0.25) is 0 Å². The summed E-state index contributed by atoms with van der Waals surface area (Å²) >= 11 is 0. The third-order valence-electron chi connectivity index (χ3n) is 1.64. The number of hydrogen-bond donors (Lipinski definition) is 2. The molecule has 1 aromatic rings. The molecule has 0 saturated heterocycles. The molecule has 1 rings (SSSR count). The predicted molar refractivity (Wildman–Crippen MR) is 57.0 cm³/mol. The van der Waals surface area contributed by atoms with E-state index >= 15 is 0 Å². The first-order valence-corrected chi connectivity index (χ1v) is 4.69. The van der Waals surface area contributed by atoms with Crippen molar-refractivity contribution in [3.05, 3.63) is 23.7 Å². The molecule has 3 N–H and O–H groups in total. The van der Waals surface area contributed by atoms with Gasteiger partial charge in [0.15, 0.2) is 5.96 Å². The van der Waals surface area contributed by atoms with Crippen LogP contribution < -0.4 is 11.1 Å². The van der Waals surface area contributed by atoms with Gasteiger partial charge in [-0.1, -0.05) is 0 Å². The second kappa shape index (κ2) is 4.69. The first kappa shape index (κ1) is 10.6. The number of furan rings is 1. The van der Waals surface area contributed by atoms with Crippen molar-refractivity contribution in [3.63, 3.8) is 0 Å². The van der Waals surface area contributed by atoms with E-state index in [1.54, 1.807) is 0 Å². The molecule has 78 valence electrons. The van der Waals surface area contributed by atoms with Gasteiger partial charge in [-0.25, -0.2) is 4.99 Å². The van der Waals surface area contributed by atoms with E-state index in [9.17, 15) is 0 Å². The van der Waals surface area contributed by atoms with Crippen LogP contribution in [0, 0.1) is 6.92 Å². The van der Waals surface area contributed by atoms with Gasteiger partial charge in [-0.15, -0.1) is 0 Å². The maximum Gasteiger partial charge on any atom is 0.189 e. The van der Waals surface area contributed by atoms with Crippen LogP contribution in [-0.2, 0) is 6.54 Å². The largest absolute Gasteiger partial charge is 0.464 e. The zero-order valence-electron chi connectivity index (χ0n) is 8.87. The van der Waals surface area contributed by atoms with Gasteiger partial charge in [-0.2, -0.15) is 0 Å². The van der Waals surface area contributed by atoms with Crippen LogP contribution in [-0.4, -0.2) is 12.0 Å². The predicted octanol–water partition coefficient (Wildman–Crippen LogP) is 1.40. The van der Waals surface area contributed by atoms with Crippen molar-refractivity contribution in [1.29, 1.82) is 0 Å². The fourth-order valence-electron chi connectivity index (χ4n) is 1.07. The van der Waals surface area contributed by atoms with Gasteiger partial charge in [0.1, 0.15) is 18.1 Å². The molecule has 0 bridgehead atoms. The zero-order valence-corrected chi connectivity index (χ0v) is 8.87. The van der Waals surface area contributed by atoms with E-state index < -0.39 is 0 Å². The van der Waals surface area contributed by atoms with Gasteiger partial charge in [-0.3, -0.25) is 0 Å². The topological polar surface area (TPSA) is 63.5 Å². The lowest BCUT2D eigenvalue weighted by Gasteiger charge is -2.07. The molecule has 4 heteroatoms. The SMILES string of the molecule is Cc1ccc(CN=C(N)NC(C)C)o1. The first-order valence-electron chi connectivity index (χ1n) is 4.69. The van der Waals surface area contributed by atoms with Gasteiger partial charge >= 0.3 is 0 Å². The van der Waals surface area contributed by atoms with Gasteiger partial charge < -0.3 is 15.5 Å². The van der Waals surface area contributed by atoms with Gasteiger partial charge in [-0.05, 0) is 32.9 Å². The van der Waals surface area contributed by atoms with E-state index in [0.717, 1.165) is 11.5 Å². The highest BCUT2D eigenvalue weighted by atomic mass is 16.3. The second-order valence-corrected chi connectivity index (χ2v) is 3.51. The minimum absolute atomic E-state index is 0.303. The van der Waals surface area contributed by atoms with Gasteiger partial charge in [0.2, 0.25) is 0 Å². The van der Waals surface area contributed by atoms with Crippen molar-refractivity contribution in [3.8, 4) is 0 Å². The maximum atomic E-state index is 5.63. The lowest BCUT2D eigenvalue weighted by molar-refractivity contribution is 0.485. The second-order valence-electron chi connectivity index (χ2n) is 3.51. The molecule has 0 spiro atoms. The van der Waals surface area contributed by atoms with Gasteiger partial charge in [0, 0.05) is 6.04 Å². The van der Waals surface area contributed by atoms with E-state index in [-0.39, 0.29) is 0 Å². The van der Waals surface area contributed by atoms with Crippen molar-refractivity contribution in [2.75, 3.05) is 0 Å². The Morgan fingerprint density at radius 3 is 2.79 bits per heavy atom. The molecule has 0 aliphatic carbocycles. The van der Waals surface area contributed by atoms with Crippen LogP contribution in [0.25, 0.3) is 0 Å². The maximum absolute atomic E-state index is 5.63. The third-order valence-corrected chi connectivity index (χ3v) is 1.64. The molecule has 0 unspecified atom stereocenters. The Hall–Kier alpha value is -1.45. The molecule has 0 aliphatic rings.